The summed E-state index contributed by atoms with van der Waals surface area (Å²) < 4.78 is 15.4. The Hall–Kier alpha value is 4.79. The van der Waals surface area contributed by atoms with Crippen LogP contribution in [0.25, 0.3) is 0 Å². The van der Waals surface area contributed by atoms with Crippen molar-refractivity contribution in [3.8, 4) is 0 Å². The van der Waals surface area contributed by atoms with Crippen molar-refractivity contribution in [1.82, 2.24) is 12.3 Å². The molecule has 0 amide bonds. The van der Waals surface area contributed by atoms with E-state index in [4.69, 9.17) is 29.5 Å². The van der Waals surface area contributed by atoms with Gasteiger partial charge in [0.2, 0.25) is 0 Å². The van der Waals surface area contributed by atoms with Gasteiger partial charge in [-0.1, -0.05) is 0 Å². The van der Waals surface area contributed by atoms with Gasteiger partial charge in [-0.25, -0.2) is 18.9 Å². The van der Waals surface area contributed by atoms with Crippen LogP contribution >= 0.6 is 7.82 Å². The van der Waals surface area contributed by atoms with Gasteiger partial charge in [0.25, 0.3) is 0 Å². The molecule has 0 atom stereocenters. The second-order valence-corrected chi connectivity index (χ2v) is 2.53. The van der Waals surface area contributed by atoms with E-state index in [-0.39, 0.29) is 218 Å². The molecule has 0 aliphatic rings. The van der Waals surface area contributed by atoms with E-state index in [9.17, 15) is 14.4 Å². The molecule has 13 nitrogen and oxygen atoms in total. The van der Waals surface area contributed by atoms with Gasteiger partial charge in [-0.15, -0.1) is 0 Å². The molecule has 0 radical (unpaired) electrons. The zero-order valence-corrected chi connectivity index (χ0v) is 8.94. The van der Waals surface area contributed by atoms with Crippen LogP contribution < -0.4 is 12.3 Å². The van der Waals surface area contributed by atoms with Crippen LogP contribution in [-0.4, -0.2) is 249 Å². The van der Waals surface area contributed by atoms with Gasteiger partial charge in [0.15, 0.2) is 0 Å². The minimum absolute atomic E-state index is 0. The molecule has 0 spiro atoms. The Morgan fingerprint density at radius 3 is 0.952 bits per heavy atom. The number of phosphoric acid groups is 1. The fourth-order valence-electron chi connectivity index (χ4n) is 0.163. The van der Waals surface area contributed by atoms with E-state index < -0.39 is 26.3 Å². The van der Waals surface area contributed by atoms with Gasteiger partial charge in [-0.2, -0.15) is 0 Å². The molecular weight excluding hydrogens is 427 g/mol. The Morgan fingerprint density at radius 1 is 0.714 bits per heavy atom. The molecule has 18 heteroatoms. The summed E-state index contributed by atoms with van der Waals surface area (Å²) in [6.45, 7) is 0. The fraction of sp³-hybridized carbons (Fsp3) is 0. The quantitative estimate of drug-likeness (QED) is 0.0872. The van der Waals surface area contributed by atoms with Crippen molar-refractivity contribution in [2.24, 2.45) is 0 Å². The van der Waals surface area contributed by atoms with Gasteiger partial charge in [0.1, 0.15) is 0 Å². The molecule has 0 saturated carbocycles. The van der Waals surface area contributed by atoms with Crippen LogP contribution in [0.3, 0.4) is 0 Å². The van der Waals surface area contributed by atoms with E-state index in [1.807, 2.05) is 0 Å². The third-order valence-electron chi connectivity index (χ3n) is 0.341. The Kier molecular flexibility index (Phi) is 70.5. The molecule has 0 fully saturated rings. The maximum absolute atomic E-state index is 9.86. The van der Waals surface area contributed by atoms with Crippen LogP contribution in [-0.2, 0) is 14.0 Å². The van der Waals surface area contributed by atoms with E-state index >= 15 is 0 Å². The van der Waals surface area contributed by atoms with E-state index in [0.717, 1.165) is 0 Å². The zero-order chi connectivity index (χ0) is 12.6. The van der Waals surface area contributed by atoms with E-state index in [2.05, 4.69) is 9.47 Å². The standard InChI is InChI=1S/C3H2O7.4K.2H3N.H3O4P.4H/c4-1(5)9-3(8)10-2(6)7;;;;;;;1-5(2,3)4;;;;/h(H,4,5)(H,6,7);;;;;2*1H3;(H3,1,2,3,4);;;;. The van der Waals surface area contributed by atoms with Crippen LogP contribution in [0.1, 0.15) is 0 Å². The monoisotopic (exact) mass is 442 g/mol. The average Bonchev–Trinajstić information content (AvgIpc) is 1.76. The van der Waals surface area contributed by atoms with Crippen LogP contribution in [0.2, 0.25) is 0 Å². The molecule has 0 aromatic rings. The van der Waals surface area contributed by atoms with Gasteiger partial charge in [-0.3, -0.25) is 0 Å². The number of carboxylic acid groups (broad SMARTS) is 2. The first kappa shape index (κ1) is 50.1. The van der Waals surface area contributed by atoms with E-state index in [1.165, 1.54) is 0 Å². The molecule has 0 rings (SSSR count). The summed E-state index contributed by atoms with van der Waals surface area (Å²) in [4.78, 5) is 50.4. The molecule has 0 saturated heterocycles. The van der Waals surface area contributed by atoms with Gasteiger partial charge < -0.3 is 46.7 Å². The molecule has 21 heavy (non-hydrogen) atoms. The number of carbonyl (C=O) groups excluding carboxylic acids is 1. The molecule has 0 aromatic heterocycles. The van der Waals surface area contributed by atoms with Crippen LogP contribution in [0.4, 0.5) is 14.4 Å². The second-order valence-electron chi connectivity index (χ2n) is 1.50. The number of ether oxygens (including phenoxy) is 2. The fourth-order valence-corrected chi connectivity index (χ4v) is 0.163. The molecule has 112 valence electrons. The molecule has 11 N–H and O–H groups in total. The summed E-state index contributed by atoms with van der Waals surface area (Å²) >= 11 is 0. The van der Waals surface area contributed by atoms with Crippen molar-refractivity contribution in [3.63, 3.8) is 0 Å². The summed E-state index contributed by atoms with van der Waals surface area (Å²) in [6.07, 6.45) is -5.64. The summed E-state index contributed by atoms with van der Waals surface area (Å²) in [5.41, 5.74) is 0. The first-order valence-electron chi connectivity index (χ1n) is 2.66. The summed E-state index contributed by atoms with van der Waals surface area (Å²) in [5.74, 6) is 0. The van der Waals surface area contributed by atoms with Gasteiger partial charge in [-0.05, 0) is 0 Å². The van der Waals surface area contributed by atoms with Crippen LogP contribution in [0, 0.1) is 0 Å². The number of hydrogen-bond donors (Lipinski definition) is 7. The third-order valence-corrected chi connectivity index (χ3v) is 0.341. The Morgan fingerprint density at radius 2 is 0.857 bits per heavy atom. The van der Waals surface area contributed by atoms with E-state index in [0.29, 0.717) is 0 Å². The van der Waals surface area contributed by atoms with Gasteiger partial charge in [0, 0.05) is 0 Å². The van der Waals surface area contributed by atoms with Crippen molar-refractivity contribution >= 4 is 232 Å². The first-order valence-corrected chi connectivity index (χ1v) is 4.22. The zero-order valence-electron chi connectivity index (χ0n) is 8.05. The predicted molar refractivity (Wildman–Crippen MR) is 76.5 cm³/mol. The first-order chi connectivity index (χ1) is 6.52. The summed E-state index contributed by atoms with van der Waals surface area (Å²) in [6, 6.07) is 0. The van der Waals surface area contributed by atoms with Crippen LogP contribution in [0.5, 0.6) is 0 Å². The number of rotatable bonds is 0. The van der Waals surface area contributed by atoms with Crippen molar-refractivity contribution in [2.45, 2.75) is 0 Å². The molecule has 0 aromatic carbocycles. The summed E-state index contributed by atoms with van der Waals surface area (Å²) in [7, 11) is -4.64. The molecule has 0 aliphatic heterocycles. The Balaban J connectivity index is -0.0000000231. The average molecular weight is 443 g/mol. The predicted octanol–water partition coefficient (Wildman–Crippen LogP) is -2.70. The topological polar surface area (TPSA) is 258 Å². The van der Waals surface area contributed by atoms with Crippen LogP contribution in [0.15, 0.2) is 0 Å². The molecular formula is C3H15K4N2O11P. The third kappa shape index (κ3) is 78.7. The Labute approximate surface area is 289 Å². The SMILES string of the molecule is N.N.O=C(O)OC(=O)OC(=O)O.O=P(O)(O)O.[KH].[KH].[KH].[KH]. The minimum atomic E-state index is -4.64. The second kappa shape index (κ2) is 29.5. The normalized spacial score (nSPS) is 6.62. The molecule has 0 unspecified atom stereocenters. The Bertz CT molecular complexity index is 284. The van der Waals surface area contributed by atoms with Crippen molar-refractivity contribution in [1.29, 1.82) is 0 Å². The summed E-state index contributed by atoms with van der Waals surface area (Å²) in [5, 5.41) is 15.4. The molecule has 0 bridgehead atoms. The van der Waals surface area contributed by atoms with Gasteiger partial charge >= 0.3 is 232 Å². The van der Waals surface area contributed by atoms with Crippen molar-refractivity contribution < 1.29 is 53.3 Å². The molecule has 0 aliphatic carbocycles. The number of hydrogen-bond acceptors (Lipinski definition) is 8. The maximum atomic E-state index is 9.86. The number of carbonyl (C=O) groups is 3. The molecule has 0 heterocycles. The van der Waals surface area contributed by atoms with Gasteiger partial charge in [0.05, 0.1) is 0 Å². The van der Waals surface area contributed by atoms with E-state index in [1.54, 1.807) is 0 Å². The van der Waals surface area contributed by atoms with Crippen molar-refractivity contribution in [3.05, 3.63) is 0 Å². The van der Waals surface area contributed by atoms with Crippen molar-refractivity contribution in [2.75, 3.05) is 0 Å².